The van der Waals surface area contributed by atoms with Crippen molar-refractivity contribution < 1.29 is 36.9 Å². The van der Waals surface area contributed by atoms with E-state index in [1.165, 1.54) is 12.1 Å². The van der Waals surface area contributed by atoms with Gasteiger partial charge in [0.2, 0.25) is 0 Å². The van der Waals surface area contributed by atoms with Crippen LogP contribution >= 0.6 is 0 Å². The Hall–Kier alpha value is -2.56. The van der Waals surface area contributed by atoms with Gasteiger partial charge in [0.05, 0.1) is 19.1 Å². The maximum absolute atomic E-state index is 14.7. The summed E-state index contributed by atoms with van der Waals surface area (Å²) >= 11 is 0. The summed E-state index contributed by atoms with van der Waals surface area (Å²) in [6, 6.07) is 3.07. The molecule has 3 atom stereocenters. The van der Waals surface area contributed by atoms with Crippen LogP contribution in [0.5, 0.6) is 0 Å². The molecule has 0 spiro atoms. The second kappa shape index (κ2) is 6.75. The summed E-state index contributed by atoms with van der Waals surface area (Å²) in [7, 11) is 0. The number of halogens is 4. The summed E-state index contributed by atoms with van der Waals surface area (Å²) in [6.07, 6.45) is -8.40. The van der Waals surface area contributed by atoms with Crippen molar-refractivity contribution in [3.63, 3.8) is 0 Å². The molecular formula is C18H21F4N3O4. The van der Waals surface area contributed by atoms with Crippen molar-refractivity contribution in [3.8, 4) is 0 Å². The van der Waals surface area contributed by atoms with Gasteiger partial charge >= 0.3 is 12.3 Å². The van der Waals surface area contributed by atoms with Crippen LogP contribution in [-0.4, -0.2) is 53.2 Å². The van der Waals surface area contributed by atoms with E-state index in [0.717, 1.165) is 11.0 Å². The number of hydrogen-bond acceptors (Lipinski definition) is 5. The van der Waals surface area contributed by atoms with Gasteiger partial charge in [0.1, 0.15) is 11.4 Å². The molecule has 1 aromatic carbocycles. The van der Waals surface area contributed by atoms with Gasteiger partial charge in [-0.15, -0.1) is 0 Å². The van der Waals surface area contributed by atoms with Gasteiger partial charge in [-0.1, -0.05) is 0 Å². The number of carbonyl (C=O) groups is 1. The molecule has 3 rings (SSSR count). The Kier molecular flexibility index (Phi) is 4.93. The number of benzene rings is 1. The van der Waals surface area contributed by atoms with Crippen molar-refractivity contribution >= 4 is 17.8 Å². The average Bonchev–Trinajstić information content (AvgIpc) is 2.95. The van der Waals surface area contributed by atoms with Crippen molar-refractivity contribution in [1.82, 2.24) is 4.90 Å². The van der Waals surface area contributed by atoms with Crippen LogP contribution < -0.4 is 5.73 Å². The molecule has 11 heteroatoms. The van der Waals surface area contributed by atoms with Crippen molar-refractivity contribution in [2.24, 2.45) is 10.9 Å². The van der Waals surface area contributed by atoms with E-state index in [4.69, 9.17) is 15.2 Å². The monoisotopic (exact) mass is 419 g/mol. The molecule has 2 aliphatic heterocycles. The minimum absolute atomic E-state index is 0.124. The molecule has 0 radical (unpaired) electrons. The molecule has 2 aliphatic rings. The van der Waals surface area contributed by atoms with Crippen LogP contribution in [0.3, 0.4) is 0 Å². The molecule has 3 N–H and O–H groups in total. The summed E-state index contributed by atoms with van der Waals surface area (Å²) in [6.45, 7) is 3.54. The molecule has 1 amide bonds. The number of fused-ring (bicyclic) bond motifs is 1. The predicted molar refractivity (Wildman–Crippen MR) is 94.8 cm³/mol. The molecule has 0 saturated carbocycles. The molecular weight excluding hydrogens is 398 g/mol. The van der Waals surface area contributed by atoms with E-state index < -0.39 is 60.4 Å². The third kappa shape index (κ3) is 3.59. The first-order valence-electron chi connectivity index (χ1n) is 8.77. The Morgan fingerprint density at radius 3 is 2.55 bits per heavy atom. The normalized spacial score (nSPS) is 27.1. The first-order chi connectivity index (χ1) is 13.3. The minimum Gasteiger partial charge on any atom is -0.465 e. The number of alkyl halides is 3. The number of amidine groups is 1. The van der Waals surface area contributed by atoms with E-state index >= 15 is 0 Å². The average molecular weight is 419 g/mol. The van der Waals surface area contributed by atoms with Gasteiger partial charge in [0.25, 0.3) is 6.02 Å². The van der Waals surface area contributed by atoms with Crippen LogP contribution in [0.2, 0.25) is 0 Å². The van der Waals surface area contributed by atoms with Crippen LogP contribution in [0.1, 0.15) is 26.3 Å². The third-order valence-corrected chi connectivity index (χ3v) is 4.98. The second-order valence-corrected chi connectivity index (χ2v) is 8.04. The SMILES string of the molecule is CC(C)(C)N(C(=O)O)C1=N[C@@]2(c3cc(N)ccc3F)CO[C@H](C(F)(F)F)[C@H]2CO1. The maximum atomic E-state index is 14.7. The highest BCUT2D eigenvalue weighted by Gasteiger charge is 2.63. The Labute approximate surface area is 164 Å². The first kappa shape index (κ1) is 21.2. The van der Waals surface area contributed by atoms with Crippen molar-refractivity contribution in [1.29, 1.82) is 0 Å². The zero-order valence-corrected chi connectivity index (χ0v) is 16.0. The molecule has 7 nitrogen and oxygen atoms in total. The van der Waals surface area contributed by atoms with Crippen molar-refractivity contribution in [3.05, 3.63) is 29.6 Å². The fraction of sp³-hybridized carbons (Fsp3) is 0.556. The summed E-state index contributed by atoms with van der Waals surface area (Å²) in [5.41, 5.74) is 2.80. The molecule has 0 aromatic heterocycles. The number of nitrogens with two attached hydrogens (primary N) is 1. The Balaban J connectivity index is 2.22. The lowest BCUT2D eigenvalue weighted by atomic mass is 9.77. The number of ether oxygens (including phenoxy) is 2. The molecule has 0 unspecified atom stereocenters. The zero-order chi connectivity index (χ0) is 21.8. The number of nitrogens with zero attached hydrogens (tertiary/aromatic N) is 2. The van der Waals surface area contributed by atoms with E-state index in [1.807, 2.05) is 0 Å². The Morgan fingerprint density at radius 2 is 2.00 bits per heavy atom. The summed E-state index contributed by atoms with van der Waals surface area (Å²) in [5.74, 6) is -2.24. The van der Waals surface area contributed by atoms with E-state index in [9.17, 15) is 27.5 Å². The topological polar surface area (TPSA) is 97.4 Å². The quantitative estimate of drug-likeness (QED) is 0.538. The first-order valence-corrected chi connectivity index (χ1v) is 8.77. The lowest BCUT2D eigenvalue weighted by molar-refractivity contribution is -0.219. The predicted octanol–water partition coefficient (Wildman–Crippen LogP) is 3.35. The van der Waals surface area contributed by atoms with E-state index in [-0.39, 0.29) is 11.3 Å². The standard InChI is InChI=1S/C18H21F4N3O4/c1-16(2,3)25(15(26)27)14-24-17(10-6-9(23)4-5-12(10)19)8-29-13(18(20,21)22)11(17)7-28-14/h4-6,11,13H,7-8,23H2,1-3H3,(H,26,27)/t11-,13+,17-/m1/s1. The van der Waals surface area contributed by atoms with Gasteiger partial charge in [-0.3, -0.25) is 0 Å². The number of rotatable bonds is 1. The lowest BCUT2D eigenvalue weighted by Crippen LogP contribution is -2.55. The van der Waals surface area contributed by atoms with Crippen LogP contribution in [0, 0.1) is 11.7 Å². The Morgan fingerprint density at radius 1 is 1.34 bits per heavy atom. The number of carboxylic acid groups (broad SMARTS) is 1. The van der Waals surface area contributed by atoms with Gasteiger partial charge < -0.3 is 20.3 Å². The van der Waals surface area contributed by atoms with Crippen LogP contribution in [0.25, 0.3) is 0 Å². The van der Waals surface area contributed by atoms with Crippen LogP contribution in [0.15, 0.2) is 23.2 Å². The number of hydrogen-bond donors (Lipinski definition) is 2. The molecule has 1 fully saturated rings. The molecule has 0 aliphatic carbocycles. The van der Waals surface area contributed by atoms with E-state index in [1.54, 1.807) is 20.8 Å². The van der Waals surface area contributed by atoms with E-state index in [2.05, 4.69) is 4.99 Å². The van der Waals surface area contributed by atoms with Gasteiger partial charge in [-0.2, -0.15) is 13.2 Å². The fourth-order valence-electron chi connectivity index (χ4n) is 3.70. The smallest absolute Gasteiger partial charge is 0.415 e. The maximum Gasteiger partial charge on any atom is 0.415 e. The van der Waals surface area contributed by atoms with Gasteiger partial charge in [0, 0.05) is 16.8 Å². The number of nitrogen functional groups attached to an aromatic ring is 1. The second-order valence-electron chi connectivity index (χ2n) is 8.04. The van der Waals surface area contributed by atoms with Crippen molar-refractivity contribution in [2.75, 3.05) is 18.9 Å². The molecule has 1 saturated heterocycles. The summed E-state index contributed by atoms with van der Waals surface area (Å²) in [5, 5.41) is 9.60. The van der Waals surface area contributed by atoms with Gasteiger partial charge in [0.15, 0.2) is 6.10 Å². The third-order valence-electron chi connectivity index (χ3n) is 4.98. The minimum atomic E-state index is -4.74. The highest BCUT2D eigenvalue weighted by Crippen LogP contribution is 2.50. The summed E-state index contributed by atoms with van der Waals surface area (Å²) < 4.78 is 65.6. The molecule has 160 valence electrons. The molecule has 2 heterocycles. The fourth-order valence-corrected chi connectivity index (χ4v) is 3.70. The molecule has 0 bridgehead atoms. The van der Waals surface area contributed by atoms with Crippen LogP contribution in [-0.2, 0) is 15.0 Å². The van der Waals surface area contributed by atoms with E-state index in [0.29, 0.717) is 0 Å². The Bertz CT molecular complexity index is 852. The largest absolute Gasteiger partial charge is 0.465 e. The van der Waals surface area contributed by atoms with Gasteiger partial charge in [-0.05, 0) is 39.0 Å². The summed E-state index contributed by atoms with van der Waals surface area (Å²) in [4.78, 5) is 16.8. The van der Waals surface area contributed by atoms with Crippen molar-refractivity contribution in [2.45, 2.75) is 44.1 Å². The molecule has 29 heavy (non-hydrogen) atoms. The number of amides is 1. The highest BCUT2D eigenvalue weighted by molar-refractivity contribution is 5.91. The zero-order valence-electron chi connectivity index (χ0n) is 16.0. The highest BCUT2D eigenvalue weighted by atomic mass is 19.4. The number of aliphatic imine (C=N–C) groups is 1. The molecule has 1 aromatic rings. The lowest BCUT2D eigenvalue weighted by Gasteiger charge is -2.41. The number of anilines is 1. The van der Waals surface area contributed by atoms with Crippen LogP contribution in [0.4, 0.5) is 28.0 Å². The van der Waals surface area contributed by atoms with Gasteiger partial charge in [-0.25, -0.2) is 19.1 Å².